The number of amides is 1. The Balaban J connectivity index is 1.14. The number of aliphatic carboxylic acids is 1. The van der Waals surface area contributed by atoms with Crippen LogP contribution >= 0.6 is 0 Å². The van der Waals surface area contributed by atoms with Crippen molar-refractivity contribution < 1.29 is 28.9 Å². The van der Waals surface area contributed by atoms with Gasteiger partial charge in [-0.2, -0.15) is 0 Å². The zero-order valence-electron chi connectivity index (χ0n) is 23.7. The van der Waals surface area contributed by atoms with Gasteiger partial charge in [-0.25, -0.2) is 9.97 Å². The van der Waals surface area contributed by atoms with Crippen LogP contribution in [0.5, 0.6) is 17.4 Å². The van der Waals surface area contributed by atoms with Crippen molar-refractivity contribution in [2.45, 2.75) is 20.1 Å². The minimum atomic E-state index is -1.09. The average molecular weight is 578 g/mol. The van der Waals surface area contributed by atoms with Gasteiger partial charge in [0.2, 0.25) is 5.88 Å². The smallest absolute Gasteiger partial charge is 0.323 e. The molecule has 0 bridgehead atoms. The first kappa shape index (κ1) is 29.1. The quantitative estimate of drug-likeness (QED) is 0.177. The molecule has 9 heteroatoms. The molecule has 0 spiro atoms. The second-order valence-corrected chi connectivity index (χ2v) is 9.80. The minimum Gasteiger partial charge on any atom is -0.490 e. The Morgan fingerprint density at radius 3 is 2.00 bits per heavy atom. The molecule has 0 atom stereocenters. The van der Waals surface area contributed by atoms with Gasteiger partial charge in [0.15, 0.2) is 0 Å². The minimum absolute atomic E-state index is 0.136. The van der Waals surface area contributed by atoms with Crippen molar-refractivity contribution in [2.75, 3.05) is 19.8 Å². The number of carboxylic acid groups (broad SMARTS) is 1. The van der Waals surface area contributed by atoms with Gasteiger partial charge >= 0.3 is 5.97 Å². The number of aryl methyl sites for hydroxylation is 1. The van der Waals surface area contributed by atoms with Gasteiger partial charge < -0.3 is 24.2 Å². The van der Waals surface area contributed by atoms with E-state index in [0.29, 0.717) is 35.2 Å². The summed E-state index contributed by atoms with van der Waals surface area (Å²) >= 11 is 0. The highest BCUT2D eigenvalue weighted by Gasteiger charge is 2.19. The summed E-state index contributed by atoms with van der Waals surface area (Å²) in [7, 11) is 0. The summed E-state index contributed by atoms with van der Waals surface area (Å²) in [5.74, 6) is 0.202. The zero-order valence-corrected chi connectivity index (χ0v) is 23.7. The third kappa shape index (κ3) is 8.07. The van der Waals surface area contributed by atoms with E-state index in [1.54, 1.807) is 24.3 Å². The fourth-order valence-corrected chi connectivity index (χ4v) is 4.40. The number of rotatable bonds is 13. The average Bonchev–Trinajstić information content (AvgIpc) is 3.03. The van der Waals surface area contributed by atoms with Crippen molar-refractivity contribution >= 4 is 22.9 Å². The molecule has 0 aliphatic rings. The van der Waals surface area contributed by atoms with E-state index in [1.165, 1.54) is 4.90 Å². The summed E-state index contributed by atoms with van der Waals surface area (Å²) in [6.07, 6.45) is 0. The van der Waals surface area contributed by atoms with E-state index in [0.717, 1.165) is 22.2 Å². The van der Waals surface area contributed by atoms with Crippen LogP contribution in [0.3, 0.4) is 0 Å². The zero-order chi connectivity index (χ0) is 30.0. The Kier molecular flexibility index (Phi) is 9.43. The van der Waals surface area contributed by atoms with Crippen LogP contribution in [0.1, 0.15) is 27.2 Å². The number of para-hydroxylation sites is 2. The highest BCUT2D eigenvalue weighted by atomic mass is 16.5. The van der Waals surface area contributed by atoms with Gasteiger partial charge in [-0.05, 0) is 66.6 Å². The van der Waals surface area contributed by atoms with Gasteiger partial charge in [-0.15, -0.1) is 0 Å². The first-order valence-corrected chi connectivity index (χ1v) is 13.8. The molecule has 0 aliphatic carbocycles. The fourth-order valence-electron chi connectivity index (χ4n) is 4.40. The fraction of sp³-hybridized carbons (Fsp3) is 0.176. The van der Waals surface area contributed by atoms with E-state index in [2.05, 4.69) is 9.97 Å². The summed E-state index contributed by atoms with van der Waals surface area (Å²) < 4.78 is 17.4. The number of hydrogen-bond donors (Lipinski definition) is 1. The van der Waals surface area contributed by atoms with E-state index < -0.39 is 18.4 Å². The molecule has 4 aromatic carbocycles. The lowest BCUT2D eigenvalue weighted by Gasteiger charge is -2.21. The number of aromatic nitrogens is 2. The van der Waals surface area contributed by atoms with E-state index >= 15 is 0 Å². The number of fused-ring (bicyclic) bond motifs is 1. The number of carboxylic acids is 1. The molecule has 5 rings (SSSR count). The molecule has 0 saturated heterocycles. The summed E-state index contributed by atoms with van der Waals surface area (Å²) in [5.41, 5.74) is 4.45. The van der Waals surface area contributed by atoms with Gasteiger partial charge in [0, 0.05) is 12.1 Å². The molecule has 0 aliphatic heterocycles. The second kappa shape index (κ2) is 14.0. The number of carbonyl (C=O) groups is 2. The summed E-state index contributed by atoms with van der Waals surface area (Å²) in [6, 6.07) is 31.3. The maximum absolute atomic E-state index is 13.2. The van der Waals surface area contributed by atoms with E-state index in [-0.39, 0.29) is 19.8 Å². The molecule has 1 aromatic heterocycles. The van der Waals surface area contributed by atoms with Crippen LogP contribution in [-0.4, -0.2) is 51.6 Å². The van der Waals surface area contributed by atoms with Crippen molar-refractivity contribution in [2.24, 2.45) is 0 Å². The molecular weight excluding hydrogens is 546 g/mol. The second-order valence-electron chi connectivity index (χ2n) is 9.80. The summed E-state index contributed by atoms with van der Waals surface area (Å²) in [5, 5.41) is 9.44. The Hall–Kier alpha value is -5.44. The Morgan fingerprint density at radius 1 is 0.698 bits per heavy atom. The topological polar surface area (TPSA) is 111 Å². The van der Waals surface area contributed by atoms with Crippen molar-refractivity contribution in [3.05, 3.63) is 126 Å². The molecule has 1 N–H and O–H groups in total. The van der Waals surface area contributed by atoms with Crippen LogP contribution in [0, 0.1) is 6.92 Å². The molecule has 0 unspecified atom stereocenters. The van der Waals surface area contributed by atoms with E-state index in [1.807, 2.05) is 85.8 Å². The van der Waals surface area contributed by atoms with Gasteiger partial charge in [0.25, 0.3) is 5.91 Å². The third-order valence-electron chi connectivity index (χ3n) is 6.55. The number of carbonyl (C=O) groups excluding carboxylic acids is 1. The third-order valence-corrected chi connectivity index (χ3v) is 6.55. The van der Waals surface area contributed by atoms with E-state index in [4.69, 9.17) is 14.2 Å². The first-order chi connectivity index (χ1) is 20.9. The van der Waals surface area contributed by atoms with Gasteiger partial charge in [-0.3, -0.25) is 9.59 Å². The Bertz CT molecular complexity index is 1680. The SMILES string of the molecule is Cc1nc2ccccc2nc1OCCOc1ccc(C(=O)N(CC(=O)O)Cc2ccc(OCc3ccccc3)cc2)cc1. The Labute approximate surface area is 249 Å². The lowest BCUT2D eigenvalue weighted by atomic mass is 10.1. The maximum Gasteiger partial charge on any atom is 0.323 e. The van der Waals surface area contributed by atoms with Gasteiger partial charge in [0.05, 0.1) is 11.0 Å². The molecule has 9 nitrogen and oxygen atoms in total. The van der Waals surface area contributed by atoms with Crippen molar-refractivity contribution in [3.63, 3.8) is 0 Å². The molecule has 0 radical (unpaired) electrons. The highest BCUT2D eigenvalue weighted by Crippen LogP contribution is 2.20. The number of hydrogen-bond acceptors (Lipinski definition) is 7. The molecule has 1 heterocycles. The molecule has 1 amide bonds. The van der Waals surface area contributed by atoms with Crippen LogP contribution in [0.25, 0.3) is 11.0 Å². The first-order valence-electron chi connectivity index (χ1n) is 13.8. The number of ether oxygens (including phenoxy) is 3. The standard InChI is InChI=1S/C34H31N3O6/c1-24-33(36-31-10-6-5-9-30(31)35-24)42-20-19-41-28-17-13-27(14-18-28)34(40)37(22-32(38)39)21-25-11-15-29(16-12-25)43-23-26-7-3-2-4-8-26/h2-18H,19-23H2,1H3,(H,38,39). The molecule has 218 valence electrons. The monoisotopic (exact) mass is 577 g/mol. The van der Waals surface area contributed by atoms with Crippen molar-refractivity contribution in [1.82, 2.24) is 14.9 Å². The largest absolute Gasteiger partial charge is 0.490 e. The van der Waals surface area contributed by atoms with Crippen LogP contribution in [0.4, 0.5) is 0 Å². The summed E-state index contributed by atoms with van der Waals surface area (Å²) in [6.45, 7) is 2.51. The highest BCUT2D eigenvalue weighted by molar-refractivity contribution is 5.96. The predicted molar refractivity (Wildman–Crippen MR) is 161 cm³/mol. The van der Waals surface area contributed by atoms with Crippen LogP contribution in [0.2, 0.25) is 0 Å². The Morgan fingerprint density at radius 2 is 1.30 bits per heavy atom. The lowest BCUT2D eigenvalue weighted by Crippen LogP contribution is -2.35. The predicted octanol–water partition coefficient (Wildman–Crippen LogP) is 5.70. The molecule has 0 saturated carbocycles. The van der Waals surface area contributed by atoms with Crippen molar-refractivity contribution in [1.29, 1.82) is 0 Å². The lowest BCUT2D eigenvalue weighted by molar-refractivity contribution is -0.137. The maximum atomic E-state index is 13.2. The normalized spacial score (nSPS) is 10.7. The van der Waals surface area contributed by atoms with Gasteiger partial charge in [0.1, 0.15) is 43.6 Å². The van der Waals surface area contributed by atoms with Crippen molar-refractivity contribution in [3.8, 4) is 17.4 Å². The summed E-state index contributed by atoms with van der Waals surface area (Å²) in [4.78, 5) is 35.1. The van der Waals surface area contributed by atoms with E-state index in [9.17, 15) is 14.7 Å². The van der Waals surface area contributed by atoms with Crippen LogP contribution < -0.4 is 14.2 Å². The van der Waals surface area contributed by atoms with Gasteiger partial charge in [-0.1, -0.05) is 54.6 Å². The number of nitrogens with zero attached hydrogens (tertiary/aromatic N) is 3. The molecular formula is C34H31N3O6. The molecule has 43 heavy (non-hydrogen) atoms. The number of benzene rings is 4. The van der Waals surface area contributed by atoms with Crippen LogP contribution in [-0.2, 0) is 17.9 Å². The molecule has 0 fully saturated rings. The molecule has 5 aromatic rings. The van der Waals surface area contributed by atoms with Crippen LogP contribution in [0.15, 0.2) is 103 Å².